The van der Waals surface area contributed by atoms with Gasteiger partial charge in [-0.15, -0.1) is 0 Å². The summed E-state index contributed by atoms with van der Waals surface area (Å²) < 4.78 is 10.7. The summed E-state index contributed by atoms with van der Waals surface area (Å²) in [4.78, 5) is 26.5. The van der Waals surface area contributed by atoms with Crippen molar-refractivity contribution in [1.29, 1.82) is 0 Å². The Hall–Kier alpha value is -4.58. The number of benzene rings is 3. The van der Waals surface area contributed by atoms with Gasteiger partial charge in [-0.25, -0.2) is 0 Å². The predicted octanol–water partition coefficient (Wildman–Crippen LogP) is 3.91. The molecule has 1 heterocycles. The average Bonchev–Trinajstić information content (AvgIpc) is 3.02. The Kier molecular flexibility index (Phi) is 12.7. The first kappa shape index (κ1) is 31.4. The van der Waals surface area contributed by atoms with E-state index in [1.54, 1.807) is 18.2 Å². The normalized spacial score (nSPS) is 10.7. The van der Waals surface area contributed by atoms with Crippen molar-refractivity contribution in [2.45, 2.75) is 19.9 Å². The molecule has 0 saturated carbocycles. The Morgan fingerprint density at radius 2 is 1.47 bits per heavy atom. The number of hydrogen-bond acceptors (Lipinski definition) is 10. The molecule has 6 N–H and O–H groups in total. The number of carbonyl (C=O) groups is 1. The average molecular weight is 585 g/mol. The Labute approximate surface area is 252 Å². The lowest BCUT2D eigenvalue weighted by atomic mass is 10.1. The van der Waals surface area contributed by atoms with Crippen LogP contribution in [0.5, 0.6) is 0 Å². The molecule has 0 aliphatic heterocycles. The highest BCUT2D eigenvalue weighted by Gasteiger charge is 2.10. The molecule has 0 aliphatic rings. The van der Waals surface area contributed by atoms with E-state index in [1.807, 2.05) is 24.3 Å². The summed E-state index contributed by atoms with van der Waals surface area (Å²) in [5.74, 6) is 1.03. The Morgan fingerprint density at radius 1 is 0.744 bits per heavy atom. The number of ether oxygens (including phenoxy) is 2. The van der Waals surface area contributed by atoms with E-state index in [-0.39, 0.29) is 5.91 Å². The zero-order chi connectivity index (χ0) is 30.1. The summed E-state index contributed by atoms with van der Waals surface area (Å²) in [7, 11) is 0. The van der Waals surface area contributed by atoms with E-state index in [4.69, 9.17) is 15.2 Å². The van der Waals surface area contributed by atoms with Gasteiger partial charge in [0.25, 0.3) is 5.91 Å². The van der Waals surface area contributed by atoms with Crippen LogP contribution in [0.15, 0.2) is 78.9 Å². The van der Waals surface area contributed by atoms with Gasteiger partial charge in [-0.3, -0.25) is 4.79 Å². The molecule has 4 rings (SSSR count). The third kappa shape index (κ3) is 11.3. The predicted molar refractivity (Wildman–Crippen MR) is 170 cm³/mol. The van der Waals surface area contributed by atoms with Gasteiger partial charge in [0.2, 0.25) is 17.8 Å². The van der Waals surface area contributed by atoms with Gasteiger partial charge in [0.05, 0.1) is 26.4 Å². The van der Waals surface area contributed by atoms with Crippen LogP contribution in [0.3, 0.4) is 0 Å². The van der Waals surface area contributed by atoms with E-state index in [0.29, 0.717) is 81.7 Å². The fourth-order valence-electron chi connectivity index (χ4n) is 4.05. The minimum atomic E-state index is -0.203. The number of aryl methyl sites for hydroxylation is 1. The number of nitrogens with zero attached hydrogens (tertiary/aromatic N) is 3. The lowest BCUT2D eigenvalue weighted by Crippen LogP contribution is -2.27. The lowest BCUT2D eigenvalue weighted by molar-refractivity contribution is 0.0511. The minimum absolute atomic E-state index is 0.203. The zero-order valence-electron chi connectivity index (χ0n) is 24.5. The largest absolute Gasteiger partial charge is 0.378 e. The number of nitrogens with two attached hydrogens (primary N) is 1. The van der Waals surface area contributed by atoms with Crippen molar-refractivity contribution in [1.82, 2.24) is 20.3 Å². The number of aromatic nitrogens is 3. The summed E-state index contributed by atoms with van der Waals surface area (Å²) in [6.45, 7) is 5.97. The van der Waals surface area contributed by atoms with E-state index in [1.165, 1.54) is 11.1 Å². The van der Waals surface area contributed by atoms with E-state index in [0.717, 1.165) is 12.0 Å². The van der Waals surface area contributed by atoms with Crippen LogP contribution in [0.2, 0.25) is 0 Å². The van der Waals surface area contributed by atoms with E-state index >= 15 is 0 Å². The summed E-state index contributed by atoms with van der Waals surface area (Å²) in [5, 5.41) is 12.7. The summed E-state index contributed by atoms with van der Waals surface area (Å²) in [6.07, 6.45) is 0.825. The molecular formula is C32H40N8O3. The highest BCUT2D eigenvalue weighted by Crippen LogP contribution is 2.18. The van der Waals surface area contributed by atoms with Crippen LogP contribution < -0.4 is 27.0 Å². The highest BCUT2D eigenvalue weighted by molar-refractivity contribution is 5.95. The Balaban J connectivity index is 1.37. The molecule has 3 aromatic carbocycles. The van der Waals surface area contributed by atoms with Crippen LogP contribution in [-0.4, -0.2) is 66.9 Å². The SMILES string of the molecule is Cc1ccc(CNc2nc(NCCc3ccccc3)nc(Nc3cccc(C(=O)NCCOCCOCCN)c3)n2)cc1. The fourth-order valence-corrected chi connectivity index (χ4v) is 4.05. The summed E-state index contributed by atoms with van der Waals surface area (Å²) in [5.41, 5.74) is 10.1. The van der Waals surface area contributed by atoms with Crippen LogP contribution in [0.1, 0.15) is 27.0 Å². The van der Waals surface area contributed by atoms with Gasteiger partial charge in [-0.2, -0.15) is 15.0 Å². The number of hydrogen-bond donors (Lipinski definition) is 5. The molecule has 0 radical (unpaired) electrons. The second kappa shape index (κ2) is 17.4. The lowest BCUT2D eigenvalue weighted by Gasteiger charge is -2.12. The Bertz CT molecular complexity index is 1400. The molecular weight excluding hydrogens is 544 g/mol. The molecule has 0 spiro atoms. The molecule has 0 saturated heterocycles. The smallest absolute Gasteiger partial charge is 0.251 e. The maximum Gasteiger partial charge on any atom is 0.251 e. The first-order chi connectivity index (χ1) is 21.1. The second-order valence-electron chi connectivity index (χ2n) is 9.78. The number of carbonyl (C=O) groups excluding carboxylic acids is 1. The number of nitrogens with one attached hydrogen (secondary N) is 4. The quantitative estimate of drug-likeness (QED) is 0.109. The third-order valence-electron chi connectivity index (χ3n) is 6.29. The zero-order valence-corrected chi connectivity index (χ0v) is 24.5. The molecule has 0 atom stereocenters. The molecule has 226 valence electrons. The third-order valence-corrected chi connectivity index (χ3v) is 6.29. The molecule has 43 heavy (non-hydrogen) atoms. The standard InChI is InChI=1S/C32H40N8O3/c1-24-10-12-26(13-11-24)23-36-31-38-30(35-16-14-25-6-3-2-4-7-25)39-32(40-31)37-28-9-5-8-27(22-28)29(41)34-17-19-43-21-20-42-18-15-33/h2-13,22H,14-21,23,33H2,1H3,(H,34,41)(H3,35,36,37,38,39,40). The maximum absolute atomic E-state index is 12.7. The Morgan fingerprint density at radius 3 is 2.23 bits per heavy atom. The summed E-state index contributed by atoms with van der Waals surface area (Å²) >= 11 is 0. The van der Waals surface area contributed by atoms with E-state index in [9.17, 15) is 4.79 Å². The summed E-state index contributed by atoms with van der Waals surface area (Å²) in [6, 6.07) is 25.7. The van der Waals surface area contributed by atoms with Crippen molar-refractivity contribution >= 4 is 29.4 Å². The maximum atomic E-state index is 12.7. The van der Waals surface area contributed by atoms with Crippen LogP contribution in [0, 0.1) is 6.92 Å². The van der Waals surface area contributed by atoms with Gasteiger partial charge >= 0.3 is 0 Å². The van der Waals surface area contributed by atoms with Gasteiger partial charge in [0.15, 0.2) is 0 Å². The van der Waals surface area contributed by atoms with Crippen molar-refractivity contribution in [3.63, 3.8) is 0 Å². The van der Waals surface area contributed by atoms with Gasteiger partial charge in [-0.05, 0) is 42.7 Å². The molecule has 1 amide bonds. The topological polar surface area (TPSA) is 148 Å². The molecule has 0 unspecified atom stereocenters. The van der Waals surface area contributed by atoms with Crippen LogP contribution >= 0.6 is 0 Å². The minimum Gasteiger partial charge on any atom is -0.378 e. The molecule has 11 heteroatoms. The van der Waals surface area contributed by atoms with Crippen molar-refractivity contribution in [3.8, 4) is 0 Å². The second-order valence-corrected chi connectivity index (χ2v) is 9.78. The van der Waals surface area contributed by atoms with E-state index in [2.05, 4.69) is 79.5 Å². The van der Waals surface area contributed by atoms with Crippen molar-refractivity contribution < 1.29 is 14.3 Å². The highest BCUT2D eigenvalue weighted by atomic mass is 16.5. The van der Waals surface area contributed by atoms with Crippen LogP contribution in [0.25, 0.3) is 0 Å². The van der Waals surface area contributed by atoms with Crippen molar-refractivity contribution in [3.05, 3.63) is 101 Å². The number of rotatable bonds is 18. The van der Waals surface area contributed by atoms with Gasteiger partial charge in [0.1, 0.15) is 0 Å². The molecule has 0 aliphatic carbocycles. The number of anilines is 4. The van der Waals surface area contributed by atoms with Crippen molar-refractivity contribution in [2.75, 3.05) is 62.0 Å². The van der Waals surface area contributed by atoms with Gasteiger partial charge in [-0.1, -0.05) is 66.2 Å². The van der Waals surface area contributed by atoms with Gasteiger partial charge < -0.3 is 36.5 Å². The van der Waals surface area contributed by atoms with Crippen LogP contribution in [-0.2, 0) is 22.4 Å². The molecule has 0 bridgehead atoms. The number of amides is 1. The van der Waals surface area contributed by atoms with Crippen molar-refractivity contribution in [2.24, 2.45) is 5.73 Å². The first-order valence-corrected chi connectivity index (χ1v) is 14.4. The first-order valence-electron chi connectivity index (χ1n) is 14.4. The molecule has 4 aromatic rings. The van der Waals surface area contributed by atoms with E-state index < -0.39 is 0 Å². The molecule has 0 fully saturated rings. The molecule has 11 nitrogen and oxygen atoms in total. The van der Waals surface area contributed by atoms with Crippen LogP contribution in [0.4, 0.5) is 23.5 Å². The monoisotopic (exact) mass is 584 g/mol. The fraction of sp³-hybridized carbons (Fsp3) is 0.312. The van der Waals surface area contributed by atoms with Gasteiger partial charge in [0, 0.05) is 37.4 Å². The molecule has 1 aromatic heterocycles.